The molecule has 0 amide bonds. The number of rotatable bonds is 84. The van der Waals surface area contributed by atoms with Gasteiger partial charge in [-0.2, -0.15) is 0 Å². The van der Waals surface area contributed by atoms with Gasteiger partial charge in [0.25, 0.3) is 0 Å². The highest BCUT2D eigenvalue weighted by Crippen LogP contribution is 2.45. The second-order valence-corrected chi connectivity index (χ2v) is 34.2. The number of aliphatic hydroxyl groups is 1. The van der Waals surface area contributed by atoms with Gasteiger partial charge < -0.3 is 33.8 Å². The van der Waals surface area contributed by atoms with Crippen LogP contribution in [0.1, 0.15) is 452 Å². The quantitative estimate of drug-likeness (QED) is 0.0222. The van der Waals surface area contributed by atoms with Crippen LogP contribution in [0.25, 0.3) is 0 Å². The van der Waals surface area contributed by atoms with Gasteiger partial charge in [0.05, 0.1) is 26.4 Å². The Balaban J connectivity index is 5.22. The van der Waals surface area contributed by atoms with E-state index >= 15 is 0 Å². The van der Waals surface area contributed by atoms with Gasteiger partial charge >= 0.3 is 39.5 Å². The maximum absolute atomic E-state index is 13.1. The summed E-state index contributed by atoms with van der Waals surface area (Å²) >= 11 is 0. The summed E-state index contributed by atoms with van der Waals surface area (Å²) in [5, 5.41) is 10.7. The number of esters is 4. The largest absolute Gasteiger partial charge is 0.472 e. The Hall–Kier alpha value is -1.94. The van der Waals surface area contributed by atoms with E-state index in [9.17, 15) is 43.2 Å². The lowest BCUT2D eigenvalue weighted by atomic mass is 10.00. The topological polar surface area (TPSA) is 237 Å². The van der Waals surface area contributed by atoms with E-state index in [1.54, 1.807) is 0 Å². The second-order valence-electron chi connectivity index (χ2n) is 31.3. The minimum atomic E-state index is -4.97. The summed E-state index contributed by atoms with van der Waals surface area (Å²) in [6.07, 6.45) is 68.2. The summed E-state index contributed by atoms with van der Waals surface area (Å²) in [5.74, 6) is -0.610. The molecule has 3 N–H and O–H groups in total. The maximum Gasteiger partial charge on any atom is 0.472 e. The third-order valence-electron chi connectivity index (χ3n) is 20.3. The minimum Gasteiger partial charge on any atom is -0.462 e. The molecule has 618 valence electrons. The van der Waals surface area contributed by atoms with Gasteiger partial charge in [0, 0.05) is 25.7 Å². The third-order valence-corrected chi connectivity index (χ3v) is 22.2. The van der Waals surface area contributed by atoms with Crippen molar-refractivity contribution in [1.82, 2.24) is 0 Å². The van der Waals surface area contributed by atoms with Crippen LogP contribution in [0, 0.1) is 11.8 Å². The van der Waals surface area contributed by atoms with E-state index in [-0.39, 0.29) is 25.7 Å². The first-order valence-electron chi connectivity index (χ1n) is 44.0. The van der Waals surface area contributed by atoms with Crippen molar-refractivity contribution < 1.29 is 80.2 Å². The van der Waals surface area contributed by atoms with Gasteiger partial charge in [-0.15, -0.1) is 0 Å². The van der Waals surface area contributed by atoms with Gasteiger partial charge in [0.2, 0.25) is 0 Å². The van der Waals surface area contributed by atoms with Gasteiger partial charge in [-0.1, -0.05) is 401 Å². The molecular weight excluding hydrogens is 1350 g/mol. The lowest BCUT2D eigenvalue weighted by Crippen LogP contribution is -2.30. The van der Waals surface area contributed by atoms with Crippen molar-refractivity contribution in [1.29, 1.82) is 0 Å². The zero-order valence-corrected chi connectivity index (χ0v) is 70.1. The van der Waals surface area contributed by atoms with Crippen molar-refractivity contribution >= 4 is 39.5 Å². The number of ether oxygens (including phenoxy) is 4. The molecule has 0 spiro atoms. The third kappa shape index (κ3) is 76.8. The Kier molecular flexibility index (Phi) is 75.0. The second kappa shape index (κ2) is 76.4. The average Bonchev–Trinajstić information content (AvgIpc) is 0.915. The number of carbonyl (C=O) groups is 4. The molecule has 0 fully saturated rings. The highest BCUT2D eigenvalue weighted by Gasteiger charge is 2.30. The van der Waals surface area contributed by atoms with E-state index in [1.165, 1.54) is 263 Å². The van der Waals surface area contributed by atoms with Crippen LogP contribution in [0.15, 0.2) is 0 Å². The number of aliphatic hydroxyl groups excluding tert-OH is 1. The Morgan fingerprint density at radius 3 is 0.731 bits per heavy atom. The summed E-state index contributed by atoms with van der Waals surface area (Å²) in [4.78, 5) is 73.1. The standard InChI is InChI=1S/C85H166O17P2/c1-7-10-12-14-16-18-20-22-24-26-28-29-30-31-33-35-37-41-45-49-57-63-69-84(89)101-80(73-95-82(87)67-61-55-48-44-40-36-34-32-27-25-23-21-19-17-15-13-11-8-2)75-99-103(91,92)97-71-79(86)72-98-104(93,94)100-76-81(74-96-83(88)68-62-56-52-51-54-60-66-78(6)9-3)102-85(90)70-64-58-50-46-42-38-39-43-47-53-59-65-77(4)5/h77-81,86H,7-76H2,1-6H3,(H,91,92)(H,93,94)/t78?,79-,80-,81-/m1/s1. The summed E-state index contributed by atoms with van der Waals surface area (Å²) in [5.41, 5.74) is 0. The Bertz CT molecular complexity index is 2000. The van der Waals surface area contributed by atoms with E-state index in [0.29, 0.717) is 25.7 Å². The molecule has 0 aromatic heterocycles. The van der Waals surface area contributed by atoms with Gasteiger partial charge in [-0.05, 0) is 37.5 Å². The predicted molar refractivity (Wildman–Crippen MR) is 428 cm³/mol. The number of phosphoric ester groups is 2. The van der Waals surface area contributed by atoms with Crippen LogP contribution in [-0.2, 0) is 65.4 Å². The molecule has 0 bridgehead atoms. The fourth-order valence-electron chi connectivity index (χ4n) is 13.2. The maximum atomic E-state index is 13.1. The van der Waals surface area contributed by atoms with Gasteiger partial charge in [-0.25, -0.2) is 9.13 Å². The van der Waals surface area contributed by atoms with Crippen molar-refractivity contribution in [2.45, 2.75) is 471 Å². The fraction of sp³-hybridized carbons (Fsp3) is 0.953. The highest BCUT2D eigenvalue weighted by molar-refractivity contribution is 7.47. The predicted octanol–water partition coefficient (Wildman–Crippen LogP) is 25.8. The molecule has 0 aliphatic carbocycles. The molecule has 104 heavy (non-hydrogen) atoms. The lowest BCUT2D eigenvalue weighted by molar-refractivity contribution is -0.161. The van der Waals surface area contributed by atoms with Crippen LogP contribution in [-0.4, -0.2) is 96.7 Å². The molecule has 0 aromatic rings. The molecule has 0 saturated heterocycles. The van der Waals surface area contributed by atoms with E-state index in [1.807, 2.05) is 0 Å². The highest BCUT2D eigenvalue weighted by atomic mass is 31.2. The Morgan fingerprint density at radius 1 is 0.279 bits per heavy atom. The summed E-state index contributed by atoms with van der Waals surface area (Å²) in [6.45, 7) is 9.62. The smallest absolute Gasteiger partial charge is 0.462 e. The minimum absolute atomic E-state index is 0.106. The molecule has 0 rings (SSSR count). The molecule has 0 radical (unpaired) electrons. The van der Waals surface area contributed by atoms with E-state index in [0.717, 1.165) is 108 Å². The van der Waals surface area contributed by atoms with Crippen molar-refractivity contribution in [3.8, 4) is 0 Å². The van der Waals surface area contributed by atoms with Crippen LogP contribution in [0.5, 0.6) is 0 Å². The van der Waals surface area contributed by atoms with E-state index in [4.69, 9.17) is 37.0 Å². The van der Waals surface area contributed by atoms with Crippen LogP contribution < -0.4 is 0 Å². The monoisotopic (exact) mass is 1520 g/mol. The zero-order valence-electron chi connectivity index (χ0n) is 68.3. The molecule has 0 heterocycles. The Labute approximate surface area is 638 Å². The number of hydrogen-bond donors (Lipinski definition) is 3. The van der Waals surface area contributed by atoms with Gasteiger partial charge in [0.1, 0.15) is 19.3 Å². The van der Waals surface area contributed by atoms with Crippen molar-refractivity contribution in [2.24, 2.45) is 11.8 Å². The molecule has 0 aliphatic heterocycles. The first-order valence-corrected chi connectivity index (χ1v) is 47.0. The fourth-order valence-corrected chi connectivity index (χ4v) is 14.8. The first kappa shape index (κ1) is 102. The zero-order chi connectivity index (χ0) is 76.4. The molecule has 17 nitrogen and oxygen atoms in total. The average molecular weight is 1520 g/mol. The number of hydrogen-bond acceptors (Lipinski definition) is 15. The van der Waals surface area contributed by atoms with Crippen LogP contribution in [0.2, 0.25) is 0 Å². The molecule has 0 aliphatic rings. The summed E-state index contributed by atoms with van der Waals surface area (Å²) in [7, 11) is -9.93. The van der Waals surface area contributed by atoms with Crippen molar-refractivity contribution in [3.05, 3.63) is 0 Å². The first-order chi connectivity index (χ1) is 50.4. The molecule has 0 saturated carbocycles. The number of phosphoric acid groups is 2. The van der Waals surface area contributed by atoms with Gasteiger partial charge in [-0.3, -0.25) is 37.3 Å². The molecular formula is C85H166O17P2. The number of carbonyl (C=O) groups excluding carboxylic acids is 4. The van der Waals surface area contributed by atoms with Crippen LogP contribution in [0.3, 0.4) is 0 Å². The summed E-state index contributed by atoms with van der Waals surface area (Å²) < 4.78 is 68.8. The molecule has 6 atom stereocenters. The lowest BCUT2D eigenvalue weighted by Gasteiger charge is -2.21. The van der Waals surface area contributed by atoms with Gasteiger partial charge in [0.15, 0.2) is 12.2 Å². The molecule has 3 unspecified atom stereocenters. The Morgan fingerprint density at radius 2 is 0.490 bits per heavy atom. The normalized spacial score (nSPS) is 14.1. The van der Waals surface area contributed by atoms with Crippen LogP contribution in [0.4, 0.5) is 0 Å². The van der Waals surface area contributed by atoms with E-state index in [2.05, 4.69) is 41.5 Å². The molecule has 19 heteroatoms. The number of unbranched alkanes of at least 4 members (excludes halogenated alkanes) is 53. The van der Waals surface area contributed by atoms with Crippen molar-refractivity contribution in [2.75, 3.05) is 39.6 Å². The molecule has 0 aromatic carbocycles. The van der Waals surface area contributed by atoms with E-state index < -0.39 is 97.5 Å². The summed E-state index contributed by atoms with van der Waals surface area (Å²) in [6, 6.07) is 0. The van der Waals surface area contributed by atoms with Crippen LogP contribution >= 0.6 is 15.6 Å². The SMILES string of the molecule is CCCCCCCCCCCCCCCCCCCCCCCCC(=O)O[C@H](COC(=O)CCCCCCCCCCCCCCCCCCCC)COP(=O)(O)OC[C@@H](O)COP(=O)(O)OC[C@@H](COC(=O)CCCCCCCCC(C)CC)OC(=O)CCCCCCCCCCCCCC(C)C. The van der Waals surface area contributed by atoms with Crippen molar-refractivity contribution in [3.63, 3.8) is 0 Å².